The number of fused-ring (bicyclic) bond motifs is 2. The molecule has 2 rings (SSSR count). The first-order valence-corrected chi connectivity index (χ1v) is 4.34. The van der Waals surface area contributed by atoms with Crippen molar-refractivity contribution in [3.05, 3.63) is 36.5 Å². The predicted octanol–water partition coefficient (Wildman–Crippen LogP) is 1.90. The molecule has 0 aromatic rings. The molecule has 0 aromatic heterocycles. The zero-order valence-electron chi connectivity index (χ0n) is 8.04. The fraction of sp³-hybridized carbons (Fsp3) is 0.455. The Bertz CT molecular complexity index is 271. The first kappa shape index (κ1) is 8.73. The summed E-state index contributed by atoms with van der Waals surface area (Å²) in [5, 5.41) is 0. The van der Waals surface area contributed by atoms with Gasteiger partial charge < -0.3 is 9.47 Å². The molecule has 2 nitrogen and oxygen atoms in total. The third kappa shape index (κ3) is 0.798. The summed E-state index contributed by atoms with van der Waals surface area (Å²) in [7, 11) is 3.34. The fourth-order valence-electron chi connectivity index (χ4n) is 2.39. The molecule has 0 aliphatic heterocycles. The number of methoxy groups -OCH3 is 2. The van der Waals surface area contributed by atoms with Crippen LogP contribution in [0.15, 0.2) is 36.5 Å². The van der Waals surface area contributed by atoms with Gasteiger partial charge >= 0.3 is 0 Å². The maximum atomic E-state index is 5.47. The molecule has 0 N–H and O–H groups in total. The minimum absolute atomic E-state index is 0.139. The Labute approximate surface area is 78.5 Å². The lowest BCUT2D eigenvalue weighted by atomic mass is 9.98. The van der Waals surface area contributed by atoms with Crippen LogP contribution in [-0.2, 0) is 9.47 Å². The maximum Gasteiger partial charge on any atom is 0.188 e. The second kappa shape index (κ2) is 2.56. The average Bonchev–Trinajstić information content (AvgIpc) is 2.61. The normalized spacial score (nSPS) is 34.6. The molecule has 2 aliphatic carbocycles. The summed E-state index contributed by atoms with van der Waals surface area (Å²) in [4.78, 5) is 0. The van der Waals surface area contributed by atoms with Crippen molar-refractivity contribution >= 4 is 0 Å². The van der Waals surface area contributed by atoms with Crippen LogP contribution in [0.5, 0.6) is 0 Å². The highest BCUT2D eigenvalue weighted by Gasteiger charge is 2.56. The lowest BCUT2D eigenvalue weighted by Crippen LogP contribution is -2.39. The van der Waals surface area contributed by atoms with Crippen molar-refractivity contribution in [2.45, 2.75) is 5.79 Å². The molecular weight excluding hydrogens is 164 g/mol. The van der Waals surface area contributed by atoms with Crippen LogP contribution in [0.4, 0.5) is 0 Å². The minimum Gasteiger partial charge on any atom is -0.351 e. The van der Waals surface area contributed by atoms with E-state index in [2.05, 4.69) is 25.3 Å². The molecule has 0 heterocycles. The lowest BCUT2D eigenvalue weighted by molar-refractivity contribution is -0.224. The van der Waals surface area contributed by atoms with Gasteiger partial charge in [0.15, 0.2) is 5.79 Å². The van der Waals surface area contributed by atoms with Crippen molar-refractivity contribution in [1.82, 2.24) is 0 Å². The summed E-state index contributed by atoms with van der Waals surface area (Å²) in [6, 6.07) is 0. The number of hydrogen-bond donors (Lipinski definition) is 0. The van der Waals surface area contributed by atoms with Gasteiger partial charge in [0, 0.05) is 14.2 Å². The van der Waals surface area contributed by atoms with E-state index in [4.69, 9.17) is 9.47 Å². The van der Waals surface area contributed by atoms with Gasteiger partial charge in [0.2, 0.25) is 0 Å². The van der Waals surface area contributed by atoms with E-state index in [1.54, 1.807) is 14.2 Å². The number of hydrogen-bond acceptors (Lipinski definition) is 2. The Hall–Kier alpha value is -0.860. The van der Waals surface area contributed by atoms with Gasteiger partial charge in [0.1, 0.15) is 0 Å². The highest BCUT2D eigenvalue weighted by molar-refractivity contribution is 5.49. The van der Waals surface area contributed by atoms with E-state index in [9.17, 15) is 0 Å². The monoisotopic (exact) mass is 178 g/mol. The van der Waals surface area contributed by atoms with Crippen LogP contribution in [0.1, 0.15) is 0 Å². The zero-order valence-corrected chi connectivity index (χ0v) is 8.04. The van der Waals surface area contributed by atoms with Crippen LogP contribution in [0.25, 0.3) is 0 Å². The molecule has 2 heteroatoms. The summed E-state index contributed by atoms with van der Waals surface area (Å²) < 4.78 is 10.9. The molecule has 2 atom stereocenters. The second-order valence-electron chi connectivity index (χ2n) is 3.52. The van der Waals surface area contributed by atoms with E-state index in [1.165, 1.54) is 0 Å². The van der Waals surface area contributed by atoms with Crippen LogP contribution in [-0.4, -0.2) is 20.0 Å². The van der Waals surface area contributed by atoms with Crippen LogP contribution in [0.2, 0.25) is 0 Å². The van der Waals surface area contributed by atoms with Gasteiger partial charge in [-0.1, -0.05) is 25.3 Å². The molecule has 13 heavy (non-hydrogen) atoms. The van der Waals surface area contributed by atoms with E-state index in [0.29, 0.717) is 0 Å². The van der Waals surface area contributed by atoms with E-state index >= 15 is 0 Å². The summed E-state index contributed by atoms with van der Waals surface area (Å²) in [5.74, 6) is -0.284. The summed E-state index contributed by atoms with van der Waals surface area (Å²) in [5.41, 5.74) is 2.08. The molecular formula is C11H14O2. The molecule has 2 unspecified atom stereocenters. The van der Waals surface area contributed by atoms with E-state index in [0.717, 1.165) is 11.1 Å². The van der Waals surface area contributed by atoms with Gasteiger partial charge in [-0.25, -0.2) is 0 Å². The first-order chi connectivity index (χ1) is 6.17. The zero-order chi connectivity index (χ0) is 9.64. The SMILES string of the molecule is C=C1C(=C)C2C=CC1C2(OC)OC. The first-order valence-electron chi connectivity index (χ1n) is 4.34. The summed E-state index contributed by atoms with van der Waals surface area (Å²) in [6.07, 6.45) is 4.18. The smallest absolute Gasteiger partial charge is 0.188 e. The Morgan fingerprint density at radius 3 is 1.69 bits per heavy atom. The highest BCUT2D eigenvalue weighted by Crippen LogP contribution is 2.54. The topological polar surface area (TPSA) is 18.5 Å². The van der Waals surface area contributed by atoms with Gasteiger partial charge in [-0.15, -0.1) is 0 Å². The van der Waals surface area contributed by atoms with Crippen molar-refractivity contribution in [2.24, 2.45) is 11.8 Å². The second-order valence-corrected chi connectivity index (χ2v) is 3.52. The molecule has 0 aromatic carbocycles. The van der Waals surface area contributed by atoms with Crippen LogP contribution in [0, 0.1) is 11.8 Å². The summed E-state index contributed by atoms with van der Waals surface area (Å²) in [6.45, 7) is 8.00. The average molecular weight is 178 g/mol. The molecule has 70 valence electrons. The Morgan fingerprint density at radius 1 is 1.08 bits per heavy atom. The third-order valence-electron chi connectivity index (χ3n) is 3.16. The Morgan fingerprint density at radius 2 is 1.46 bits per heavy atom. The molecule has 1 fully saturated rings. The molecule has 2 bridgehead atoms. The molecule has 0 radical (unpaired) electrons. The van der Waals surface area contributed by atoms with E-state index in [-0.39, 0.29) is 11.8 Å². The summed E-state index contributed by atoms with van der Waals surface area (Å²) >= 11 is 0. The maximum absolute atomic E-state index is 5.47. The van der Waals surface area contributed by atoms with Gasteiger partial charge in [-0.05, 0) is 11.1 Å². The van der Waals surface area contributed by atoms with Crippen LogP contribution in [0.3, 0.4) is 0 Å². The van der Waals surface area contributed by atoms with Gasteiger partial charge in [0.25, 0.3) is 0 Å². The lowest BCUT2D eigenvalue weighted by Gasteiger charge is -2.30. The highest BCUT2D eigenvalue weighted by atomic mass is 16.7. The van der Waals surface area contributed by atoms with Crippen molar-refractivity contribution in [1.29, 1.82) is 0 Å². The van der Waals surface area contributed by atoms with E-state index in [1.807, 2.05) is 0 Å². The predicted molar refractivity (Wildman–Crippen MR) is 51.1 cm³/mol. The van der Waals surface area contributed by atoms with Crippen LogP contribution >= 0.6 is 0 Å². The quantitative estimate of drug-likeness (QED) is 0.475. The minimum atomic E-state index is -0.561. The Kier molecular flexibility index (Phi) is 1.72. The van der Waals surface area contributed by atoms with Crippen molar-refractivity contribution < 1.29 is 9.47 Å². The van der Waals surface area contributed by atoms with Gasteiger partial charge in [0.05, 0.1) is 11.8 Å². The molecule has 2 aliphatic rings. The number of rotatable bonds is 2. The van der Waals surface area contributed by atoms with E-state index < -0.39 is 5.79 Å². The molecule has 0 saturated heterocycles. The van der Waals surface area contributed by atoms with Crippen molar-refractivity contribution in [3.8, 4) is 0 Å². The van der Waals surface area contributed by atoms with Crippen LogP contribution < -0.4 is 0 Å². The number of ether oxygens (including phenoxy) is 2. The Balaban J connectivity index is 2.47. The standard InChI is InChI=1S/C11H14O2/c1-7-8(2)10-6-5-9(7)11(10,12-3)13-4/h5-6,9-10H,1-2H2,3-4H3. The van der Waals surface area contributed by atoms with Gasteiger partial charge in [-0.2, -0.15) is 0 Å². The molecule has 0 amide bonds. The van der Waals surface area contributed by atoms with Gasteiger partial charge in [-0.3, -0.25) is 0 Å². The molecule has 0 spiro atoms. The molecule has 1 saturated carbocycles. The largest absolute Gasteiger partial charge is 0.351 e. The third-order valence-corrected chi connectivity index (χ3v) is 3.16. The fourth-order valence-corrected chi connectivity index (χ4v) is 2.39. The van der Waals surface area contributed by atoms with Crippen molar-refractivity contribution in [2.75, 3.05) is 14.2 Å². The van der Waals surface area contributed by atoms with Crippen molar-refractivity contribution in [3.63, 3.8) is 0 Å².